The zero-order valence-corrected chi connectivity index (χ0v) is 30.6. The van der Waals surface area contributed by atoms with E-state index in [0.717, 1.165) is 25.7 Å². The quantitative estimate of drug-likeness (QED) is 0.175. The predicted octanol–water partition coefficient (Wildman–Crippen LogP) is 2.00. The summed E-state index contributed by atoms with van der Waals surface area (Å²) in [7, 11) is 0. The van der Waals surface area contributed by atoms with Crippen LogP contribution >= 0.6 is 0 Å². The summed E-state index contributed by atoms with van der Waals surface area (Å²) in [6.07, 6.45) is 8.71. The molecule has 0 spiro atoms. The maximum absolute atomic E-state index is 13.9. The van der Waals surface area contributed by atoms with Crippen LogP contribution in [0.25, 0.3) is 0 Å². The molecule has 7 atom stereocenters. The van der Waals surface area contributed by atoms with Gasteiger partial charge in [0.2, 0.25) is 35.4 Å². The summed E-state index contributed by atoms with van der Waals surface area (Å²) in [5.74, 6) is -1.79. The van der Waals surface area contributed by atoms with Crippen molar-refractivity contribution in [1.82, 2.24) is 31.1 Å². The molecule has 0 aromatic carbocycles. The number of nitrogens with one attached hydrogen (secondary N) is 4. The predicted molar refractivity (Wildman–Crippen MR) is 186 cm³/mol. The van der Waals surface area contributed by atoms with E-state index in [0.29, 0.717) is 57.7 Å². The van der Waals surface area contributed by atoms with Crippen LogP contribution in [-0.4, -0.2) is 106 Å². The second-order valence-corrected chi connectivity index (χ2v) is 14.8. The molecule has 6 amide bonds. The fourth-order valence-corrected chi connectivity index (χ4v) is 7.49. The van der Waals surface area contributed by atoms with Gasteiger partial charge in [0, 0.05) is 26.1 Å². The highest BCUT2D eigenvalue weighted by molar-refractivity contribution is 5.96. The lowest BCUT2D eigenvalue weighted by Crippen LogP contribution is -2.61. The van der Waals surface area contributed by atoms with Crippen LogP contribution < -0.4 is 21.3 Å². The van der Waals surface area contributed by atoms with E-state index in [4.69, 9.17) is 0 Å². The Labute approximate surface area is 292 Å². The molecule has 49 heavy (non-hydrogen) atoms. The Balaban J connectivity index is 1.62. The van der Waals surface area contributed by atoms with E-state index < -0.39 is 59.9 Å². The lowest BCUT2D eigenvalue weighted by molar-refractivity contribution is -0.147. The van der Waals surface area contributed by atoms with E-state index >= 15 is 0 Å². The summed E-state index contributed by atoms with van der Waals surface area (Å²) in [5.41, 5.74) is 0. The zero-order chi connectivity index (χ0) is 36.2. The molecule has 0 radical (unpaired) electrons. The Morgan fingerprint density at radius 3 is 1.88 bits per heavy atom. The molecule has 3 rings (SSSR count). The van der Waals surface area contributed by atoms with E-state index in [1.165, 1.54) is 31.1 Å². The number of aliphatic hydroxyl groups is 1. The molecule has 5 N–H and O–H groups in total. The van der Waals surface area contributed by atoms with Crippen molar-refractivity contribution in [2.24, 2.45) is 17.8 Å². The Bertz CT molecular complexity index is 1160. The van der Waals surface area contributed by atoms with E-state index in [1.54, 1.807) is 11.8 Å². The monoisotopic (exact) mass is 690 g/mol. The van der Waals surface area contributed by atoms with Crippen LogP contribution in [0.5, 0.6) is 0 Å². The number of hydrogen-bond acceptors (Lipinski definition) is 7. The summed E-state index contributed by atoms with van der Waals surface area (Å²) < 4.78 is 0. The molecule has 2 saturated heterocycles. The summed E-state index contributed by atoms with van der Waals surface area (Å²) >= 11 is 0. The smallest absolute Gasteiger partial charge is 0.246 e. The second-order valence-electron chi connectivity index (χ2n) is 14.8. The highest BCUT2D eigenvalue weighted by Crippen LogP contribution is 2.31. The van der Waals surface area contributed by atoms with Crippen LogP contribution in [0.15, 0.2) is 0 Å². The maximum atomic E-state index is 13.9. The van der Waals surface area contributed by atoms with Crippen LogP contribution in [-0.2, 0) is 28.8 Å². The molecule has 13 nitrogen and oxygen atoms in total. The minimum absolute atomic E-state index is 0.145. The standard InChI is InChI=1S/C36H62N6O7/c1-7-18-37-34(47)31(25(6)43)40-33(46)28-17-13-20-41(28)35(48)24(5)38-32(45)27-16-11-12-19-42(27)36(49)30(22(2)3)39-29(44)21-23(4)26-14-9-8-10-15-26/h22-28,30-31,43H,7-21H2,1-6H3,(H,37,47)(H,38,45)(H,39,44)(H,40,46)/t23-,24-,25?,27-,28-,30-,31-/m0/s1. The summed E-state index contributed by atoms with van der Waals surface area (Å²) in [6.45, 7) is 11.8. The van der Waals surface area contributed by atoms with Gasteiger partial charge in [-0.25, -0.2) is 0 Å². The first-order valence-electron chi connectivity index (χ1n) is 18.7. The van der Waals surface area contributed by atoms with Gasteiger partial charge in [0.15, 0.2) is 0 Å². The number of carbonyl (C=O) groups excluding carboxylic acids is 6. The van der Waals surface area contributed by atoms with Crippen molar-refractivity contribution in [2.75, 3.05) is 19.6 Å². The van der Waals surface area contributed by atoms with E-state index in [9.17, 15) is 33.9 Å². The van der Waals surface area contributed by atoms with Gasteiger partial charge < -0.3 is 36.2 Å². The highest BCUT2D eigenvalue weighted by atomic mass is 16.3. The summed E-state index contributed by atoms with van der Waals surface area (Å²) in [4.78, 5) is 83.1. The van der Waals surface area contributed by atoms with Crippen LogP contribution in [0.4, 0.5) is 0 Å². The molecule has 0 aromatic heterocycles. The minimum Gasteiger partial charge on any atom is -0.391 e. The van der Waals surface area contributed by atoms with Gasteiger partial charge in [-0.05, 0) is 70.1 Å². The molecule has 3 fully saturated rings. The molecule has 278 valence electrons. The maximum Gasteiger partial charge on any atom is 0.246 e. The Hall–Kier alpha value is -3.22. The first-order chi connectivity index (χ1) is 23.3. The van der Waals surface area contributed by atoms with Gasteiger partial charge in [0.25, 0.3) is 0 Å². The SMILES string of the molecule is CCCNC(=O)[C@@H](NC(=O)[C@@H]1CCCN1C(=O)[C@H](C)NC(=O)[C@@H]1CCCCN1C(=O)[C@@H](NC(=O)C[C@H](C)C1CCCCC1)C(C)C)C(C)O. The molecule has 1 aliphatic carbocycles. The van der Waals surface area contributed by atoms with Crippen LogP contribution in [0.2, 0.25) is 0 Å². The van der Waals surface area contributed by atoms with E-state index in [1.807, 2.05) is 20.8 Å². The number of piperidine rings is 1. The number of aliphatic hydroxyl groups excluding tert-OH is 1. The van der Waals surface area contributed by atoms with Gasteiger partial charge in [0.05, 0.1) is 6.10 Å². The molecule has 0 aromatic rings. The minimum atomic E-state index is -1.16. The third-order valence-corrected chi connectivity index (χ3v) is 10.5. The zero-order valence-electron chi connectivity index (χ0n) is 30.6. The van der Waals surface area contributed by atoms with Gasteiger partial charge in [-0.15, -0.1) is 0 Å². The molecule has 13 heteroatoms. The Morgan fingerprint density at radius 1 is 0.694 bits per heavy atom. The van der Waals surface area contributed by atoms with E-state index in [-0.39, 0.29) is 23.7 Å². The van der Waals surface area contributed by atoms with Crippen molar-refractivity contribution < 1.29 is 33.9 Å². The van der Waals surface area contributed by atoms with Gasteiger partial charge in [-0.3, -0.25) is 28.8 Å². The molecule has 1 saturated carbocycles. The van der Waals surface area contributed by atoms with Crippen molar-refractivity contribution in [3.63, 3.8) is 0 Å². The largest absolute Gasteiger partial charge is 0.391 e. The topological polar surface area (TPSA) is 177 Å². The summed E-state index contributed by atoms with van der Waals surface area (Å²) in [5, 5.41) is 21.2. The van der Waals surface area contributed by atoms with Crippen molar-refractivity contribution in [1.29, 1.82) is 0 Å². The molecule has 1 unspecified atom stereocenters. The van der Waals surface area contributed by atoms with Crippen molar-refractivity contribution in [2.45, 2.75) is 155 Å². The number of carbonyl (C=O) groups is 6. The van der Waals surface area contributed by atoms with Crippen LogP contribution in [0.3, 0.4) is 0 Å². The molecule has 0 bridgehead atoms. The lowest BCUT2D eigenvalue weighted by Gasteiger charge is -2.38. The average molecular weight is 691 g/mol. The van der Waals surface area contributed by atoms with Crippen LogP contribution in [0, 0.1) is 17.8 Å². The number of likely N-dealkylation sites (tertiary alicyclic amines) is 2. The first-order valence-corrected chi connectivity index (χ1v) is 18.7. The van der Waals surface area contributed by atoms with Crippen molar-refractivity contribution in [3.05, 3.63) is 0 Å². The van der Waals surface area contributed by atoms with Crippen molar-refractivity contribution >= 4 is 35.4 Å². The van der Waals surface area contributed by atoms with Gasteiger partial charge in [-0.1, -0.05) is 59.8 Å². The number of amides is 6. The third kappa shape index (κ3) is 11.1. The fraction of sp³-hybridized carbons (Fsp3) is 0.833. The van der Waals surface area contributed by atoms with Gasteiger partial charge in [0.1, 0.15) is 30.2 Å². The molecule has 2 heterocycles. The molecular weight excluding hydrogens is 628 g/mol. The lowest BCUT2D eigenvalue weighted by atomic mass is 9.79. The number of hydrogen-bond donors (Lipinski definition) is 5. The van der Waals surface area contributed by atoms with Gasteiger partial charge >= 0.3 is 0 Å². The molecule has 2 aliphatic heterocycles. The Kier molecular flexibility index (Phi) is 15.8. The van der Waals surface area contributed by atoms with E-state index in [2.05, 4.69) is 28.2 Å². The second kappa shape index (κ2) is 19.2. The fourth-order valence-electron chi connectivity index (χ4n) is 7.49. The number of rotatable bonds is 15. The van der Waals surface area contributed by atoms with Crippen molar-refractivity contribution in [3.8, 4) is 0 Å². The Morgan fingerprint density at radius 2 is 1.27 bits per heavy atom. The molecule has 3 aliphatic rings. The highest BCUT2D eigenvalue weighted by Gasteiger charge is 2.41. The average Bonchev–Trinajstić information content (AvgIpc) is 3.58. The molecular formula is C36H62N6O7. The normalized spacial score (nSPS) is 23.2. The van der Waals surface area contributed by atoms with Gasteiger partial charge in [-0.2, -0.15) is 0 Å². The first kappa shape index (κ1) is 40.2. The van der Waals surface area contributed by atoms with Crippen LogP contribution in [0.1, 0.15) is 119 Å². The summed E-state index contributed by atoms with van der Waals surface area (Å²) in [6, 6.07) is -4.54. The number of nitrogens with zero attached hydrogens (tertiary/aromatic N) is 2. The third-order valence-electron chi connectivity index (χ3n) is 10.5.